The van der Waals surface area contributed by atoms with Crippen LogP contribution in [0, 0.1) is 6.92 Å². The summed E-state index contributed by atoms with van der Waals surface area (Å²) >= 11 is 4.84. The molecule has 2 aromatic carbocycles. The quantitative estimate of drug-likeness (QED) is 0.261. The summed E-state index contributed by atoms with van der Waals surface area (Å²) in [6.07, 6.45) is 3.46. The van der Waals surface area contributed by atoms with Gasteiger partial charge in [0, 0.05) is 0 Å². The summed E-state index contributed by atoms with van der Waals surface area (Å²) in [7, 11) is 0. The van der Waals surface area contributed by atoms with E-state index in [0.717, 1.165) is 16.7 Å². The maximum atomic E-state index is 13.8. The number of fused-ring (bicyclic) bond motifs is 1. The molecule has 1 aliphatic heterocycles. The van der Waals surface area contributed by atoms with Crippen LogP contribution in [0.15, 0.2) is 74.6 Å². The van der Waals surface area contributed by atoms with E-state index in [9.17, 15) is 9.59 Å². The molecule has 2 heterocycles. The highest BCUT2D eigenvalue weighted by atomic mass is 79.9. The van der Waals surface area contributed by atoms with Gasteiger partial charge in [0.25, 0.3) is 5.56 Å². The molecule has 0 radical (unpaired) electrons. The summed E-state index contributed by atoms with van der Waals surface area (Å²) < 4.78 is 19.7. The monoisotopic (exact) mass is 596 g/mol. The van der Waals surface area contributed by atoms with Gasteiger partial charge in [0.1, 0.15) is 6.61 Å². The molecule has 198 valence electrons. The zero-order chi connectivity index (χ0) is 27.4. The zero-order valence-electron chi connectivity index (χ0n) is 21.7. The van der Waals surface area contributed by atoms with Gasteiger partial charge in [0.05, 0.1) is 39.5 Å². The maximum absolute atomic E-state index is 13.8. The number of aryl methyl sites for hydroxylation is 1. The minimum Gasteiger partial charge on any atom is -0.490 e. The zero-order valence-corrected chi connectivity index (χ0v) is 24.1. The van der Waals surface area contributed by atoms with Gasteiger partial charge in [-0.25, -0.2) is 9.79 Å². The highest BCUT2D eigenvalue weighted by Crippen LogP contribution is 2.37. The van der Waals surface area contributed by atoms with E-state index in [-0.39, 0.29) is 12.2 Å². The lowest BCUT2D eigenvalue weighted by atomic mass is 9.95. The summed E-state index contributed by atoms with van der Waals surface area (Å²) in [6, 6.07) is 10.8. The minimum absolute atomic E-state index is 0.226. The van der Waals surface area contributed by atoms with E-state index in [4.69, 9.17) is 14.2 Å². The summed E-state index contributed by atoms with van der Waals surface area (Å²) in [5.74, 6) is 0.647. The van der Waals surface area contributed by atoms with E-state index in [1.807, 2.05) is 50.2 Å². The number of halogens is 1. The van der Waals surface area contributed by atoms with Crippen molar-refractivity contribution in [3.63, 3.8) is 0 Å². The smallest absolute Gasteiger partial charge is 0.338 e. The van der Waals surface area contributed by atoms with Crippen LogP contribution >= 0.6 is 27.3 Å². The van der Waals surface area contributed by atoms with E-state index in [0.29, 0.717) is 49.8 Å². The van der Waals surface area contributed by atoms with E-state index in [1.165, 1.54) is 11.3 Å². The molecule has 1 aromatic heterocycles. The summed E-state index contributed by atoms with van der Waals surface area (Å²) in [5, 5.41) is 0. The molecule has 1 aliphatic rings. The molecule has 0 unspecified atom stereocenters. The molecular formula is C29H29BrN2O5S. The van der Waals surface area contributed by atoms with Gasteiger partial charge < -0.3 is 14.2 Å². The van der Waals surface area contributed by atoms with Crippen LogP contribution in [-0.2, 0) is 9.53 Å². The number of hydrogen-bond acceptors (Lipinski definition) is 7. The van der Waals surface area contributed by atoms with Crippen molar-refractivity contribution in [2.24, 2.45) is 4.99 Å². The average Bonchev–Trinajstić information content (AvgIpc) is 3.17. The van der Waals surface area contributed by atoms with Crippen LogP contribution in [0.3, 0.4) is 0 Å². The topological polar surface area (TPSA) is 79.1 Å². The Morgan fingerprint density at radius 1 is 1.16 bits per heavy atom. The number of nitrogens with zero attached hydrogens (tertiary/aromatic N) is 2. The Morgan fingerprint density at radius 2 is 1.89 bits per heavy atom. The fourth-order valence-electron chi connectivity index (χ4n) is 4.22. The highest BCUT2D eigenvalue weighted by molar-refractivity contribution is 9.10. The molecule has 0 saturated heterocycles. The Labute approximate surface area is 233 Å². The van der Waals surface area contributed by atoms with Crippen molar-refractivity contribution in [1.29, 1.82) is 0 Å². The van der Waals surface area contributed by atoms with Gasteiger partial charge in [-0.1, -0.05) is 53.8 Å². The summed E-state index contributed by atoms with van der Waals surface area (Å²) in [4.78, 5) is 32.0. The highest BCUT2D eigenvalue weighted by Gasteiger charge is 2.33. The van der Waals surface area contributed by atoms with Gasteiger partial charge in [-0.3, -0.25) is 9.36 Å². The van der Waals surface area contributed by atoms with Crippen LogP contribution < -0.4 is 24.4 Å². The summed E-state index contributed by atoms with van der Waals surface area (Å²) in [5.41, 5.74) is 3.30. The third kappa shape index (κ3) is 5.54. The van der Waals surface area contributed by atoms with Gasteiger partial charge in [-0.2, -0.15) is 0 Å². The SMILES string of the molecule is C=CCOc1c(Br)cc(/C=c2\sc3n(c2=O)[C@H](c2ccc(C)cc2)C(C(=O)OCC)=C(C)N=3)cc1OCC. The maximum Gasteiger partial charge on any atom is 0.338 e. The second kappa shape index (κ2) is 12.0. The number of rotatable bonds is 9. The predicted octanol–water partition coefficient (Wildman–Crippen LogP) is 4.83. The first-order chi connectivity index (χ1) is 18.3. The van der Waals surface area contributed by atoms with Crippen molar-refractivity contribution in [2.45, 2.75) is 33.7 Å². The lowest BCUT2D eigenvalue weighted by Gasteiger charge is -2.24. The largest absolute Gasteiger partial charge is 0.490 e. The van der Waals surface area contributed by atoms with Gasteiger partial charge >= 0.3 is 5.97 Å². The molecule has 0 fully saturated rings. The molecule has 9 heteroatoms. The third-order valence-corrected chi connectivity index (χ3v) is 7.46. The Bertz CT molecular complexity index is 1580. The average molecular weight is 598 g/mol. The van der Waals surface area contributed by atoms with Crippen molar-refractivity contribution < 1.29 is 19.0 Å². The Kier molecular flexibility index (Phi) is 8.69. The molecule has 0 saturated carbocycles. The number of aromatic nitrogens is 1. The number of benzene rings is 2. The van der Waals surface area contributed by atoms with Crippen LogP contribution in [-0.4, -0.2) is 30.4 Å². The first-order valence-electron chi connectivity index (χ1n) is 12.2. The van der Waals surface area contributed by atoms with Crippen molar-refractivity contribution in [3.05, 3.63) is 101 Å². The van der Waals surface area contributed by atoms with Crippen molar-refractivity contribution in [1.82, 2.24) is 4.57 Å². The molecule has 38 heavy (non-hydrogen) atoms. The number of hydrogen-bond donors (Lipinski definition) is 0. The second-order valence-electron chi connectivity index (χ2n) is 8.58. The van der Waals surface area contributed by atoms with Crippen molar-refractivity contribution in [2.75, 3.05) is 19.8 Å². The molecule has 0 amide bonds. The number of carbonyl (C=O) groups excluding carboxylic acids is 1. The second-order valence-corrected chi connectivity index (χ2v) is 10.4. The molecule has 0 N–H and O–H groups in total. The number of carbonyl (C=O) groups is 1. The van der Waals surface area contributed by atoms with E-state index >= 15 is 0 Å². The number of thiazole rings is 1. The van der Waals surface area contributed by atoms with Crippen LogP contribution in [0.1, 0.15) is 43.5 Å². The van der Waals surface area contributed by atoms with E-state index in [2.05, 4.69) is 27.5 Å². The minimum atomic E-state index is -0.645. The molecule has 7 nitrogen and oxygen atoms in total. The molecule has 3 aromatic rings. The molecule has 1 atom stereocenters. The lowest BCUT2D eigenvalue weighted by Crippen LogP contribution is -2.39. The van der Waals surface area contributed by atoms with Crippen molar-refractivity contribution >= 4 is 39.3 Å². The first-order valence-corrected chi connectivity index (χ1v) is 13.9. The third-order valence-electron chi connectivity index (χ3n) is 5.89. The Morgan fingerprint density at radius 3 is 2.55 bits per heavy atom. The van der Waals surface area contributed by atoms with Gasteiger partial charge in [0.2, 0.25) is 0 Å². The van der Waals surface area contributed by atoms with Gasteiger partial charge in [-0.15, -0.1) is 0 Å². The lowest BCUT2D eigenvalue weighted by molar-refractivity contribution is -0.139. The number of esters is 1. The number of ether oxygens (including phenoxy) is 3. The van der Waals surface area contributed by atoms with Crippen molar-refractivity contribution in [3.8, 4) is 11.5 Å². The van der Waals surface area contributed by atoms with E-state index < -0.39 is 12.0 Å². The van der Waals surface area contributed by atoms with Crippen LogP contribution in [0.4, 0.5) is 0 Å². The summed E-state index contributed by atoms with van der Waals surface area (Å²) in [6.45, 7) is 12.1. The molecule has 0 bridgehead atoms. The van der Waals surface area contributed by atoms with Gasteiger partial charge in [-0.05, 0) is 73.0 Å². The Balaban J connectivity index is 1.90. The first kappa shape index (κ1) is 27.6. The van der Waals surface area contributed by atoms with Crippen LogP contribution in [0.25, 0.3) is 6.08 Å². The van der Waals surface area contributed by atoms with Crippen LogP contribution in [0.2, 0.25) is 0 Å². The number of allylic oxidation sites excluding steroid dienone is 1. The predicted molar refractivity (Wildman–Crippen MR) is 153 cm³/mol. The normalized spacial score (nSPS) is 15.1. The fourth-order valence-corrected chi connectivity index (χ4v) is 5.84. The molecule has 0 spiro atoms. The fraction of sp³-hybridized carbons (Fsp3) is 0.276. The van der Waals surface area contributed by atoms with Crippen LogP contribution in [0.5, 0.6) is 11.5 Å². The molecule has 0 aliphatic carbocycles. The Hall–Kier alpha value is -3.43. The standard InChI is InChI=1S/C29H29BrN2O5S/c1-6-13-37-26-21(30)14-19(15-22(26)35-7-2)16-23-27(33)32-25(20-11-9-17(4)10-12-20)24(28(34)36-8-3)18(5)31-29(32)38-23/h6,9-12,14-16,25H,1,7-8,13H2,2-5H3/b23-16-/t25-/m1/s1. The van der Waals surface area contributed by atoms with Gasteiger partial charge in [0.15, 0.2) is 16.3 Å². The molecular weight excluding hydrogens is 568 g/mol. The van der Waals surface area contributed by atoms with E-state index in [1.54, 1.807) is 30.6 Å². The molecule has 4 rings (SSSR count).